The lowest BCUT2D eigenvalue weighted by Gasteiger charge is -2.17. The predicted molar refractivity (Wildman–Crippen MR) is 81.6 cm³/mol. The number of rotatable bonds is 5. The molecule has 1 amide bonds. The van der Waals surface area contributed by atoms with Crippen molar-refractivity contribution in [2.24, 2.45) is 0 Å². The van der Waals surface area contributed by atoms with Crippen LogP contribution in [0, 0.1) is 0 Å². The number of hydrogen-bond acceptors (Lipinski definition) is 6. The molecule has 2 aromatic carbocycles. The number of hydrogen-bond donors (Lipinski definition) is 6. The van der Waals surface area contributed by atoms with E-state index in [1.807, 2.05) is 0 Å². The van der Waals surface area contributed by atoms with Crippen molar-refractivity contribution in [2.45, 2.75) is 12.5 Å². The van der Waals surface area contributed by atoms with Gasteiger partial charge in [0.05, 0.1) is 18.2 Å². The van der Waals surface area contributed by atoms with E-state index in [0.29, 0.717) is 5.56 Å². The minimum Gasteiger partial charge on any atom is -0.504 e. The second kappa shape index (κ2) is 6.89. The number of aliphatic hydroxyl groups excluding tert-OH is 1. The van der Waals surface area contributed by atoms with Gasteiger partial charge >= 0.3 is 0 Å². The molecule has 23 heavy (non-hydrogen) atoms. The van der Waals surface area contributed by atoms with Gasteiger partial charge in [0.15, 0.2) is 23.0 Å². The summed E-state index contributed by atoms with van der Waals surface area (Å²) in [7, 11) is 0. The maximum Gasteiger partial charge on any atom is 0.255 e. The molecule has 0 radical (unpaired) electrons. The second-order valence-electron chi connectivity index (χ2n) is 5.05. The molecule has 0 saturated carbocycles. The molecule has 0 unspecified atom stereocenters. The Balaban J connectivity index is 2.11. The van der Waals surface area contributed by atoms with Crippen molar-refractivity contribution < 1.29 is 30.3 Å². The average Bonchev–Trinajstić information content (AvgIpc) is 2.52. The van der Waals surface area contributed by atoms with Gasteiger partial charge in [-0.3, -0.25) is 4.79 Å². The molecule has 0 aliphatic carbocycles. The van der Waals surface area contributed by atoms with E-state index in [9.17, 15) is 30.3 Å². The lowest BCUT2D eigenvalue weighted by Crippen LogP contribution is -2.39. The van der Waals surface area contributed by atoms with E-state index in [1.165, 1.54) is 30.3 Å². The Kier molecular flexibility index (Phi) is 4.92. The maximum atomic E-state index is 12.1. The van der Waals surface area contributed by atoms with E-state index in [0.717, 1.165) is 0 Å². The quantitative estimate of drug-likeness (QED) is 0.453. The summed E-state index contributed by atoms with van der Waals surface area (Å²) in [5.41, 5.74) is 0.483. The highest BCUT2D eigenvalue weighted by molar-refractivity contribution is 5.97. The van der Waals surface area contributed by atoms with Crippen molar-refractivity contribution in [1.82, 2.24) is 5.32 Å². The maximum absolute atomic E-state index is 12.1. The van der Waals surface area contributed by atoms with Crippen molar-refractivity contribution in [3.63, 3.8) is 0 Å². The van der Waals surface area contributed by atoms with Crippen molar-refractivity contribution in [1.29, 1.82) is 0 Å². The number of benzene rings is 2. The zero-order chi connectivity index (χ0) is 17.0. The molecule has 1 atom stereocenters. The standard InChI is InChI=1S/C16H17NO6/c18-8-10(6-9-4-5-12(19)14(21)7-9)17-16(23)11-2-1-3-13(20)15(11)22/h1-5,7,10,18-22H,6,8H2,(H,17,23)/t10-/m0/s1. The third-order valence-corrected chi connectivity index (χ3v) is 3.34. The Bertz CT molecular complexity index is 716. The molecule has 2 aromatic rings. The Morgan fingerprint density at radius 1 is 1.00 bits per heavy atom. The minimum absolute atomic E-state index is 0.114. The fourth-order valence-corrected chi connectivity index (χ4v) is 2.12. The number of phenolic OH excluding ortho intramolecular Hbond substituents is 4. The van der Waals surface area contributed by atoms with Crippen LogP contribution < -0.4 is 5.32 Å². The van der Waals surface area contributed by atoms with Crippen molar-refractivity contribution in [3.8, 4) is 23.0 Å². The van der Waals surface area contributed by atoms with Gasteiger partial charge in [-0.1, -0.05) is 12.1 Å². The number of phenols is 4. The van der Waals surface area contributed by atoms with Crippen LogP contribution in [0.25, 0.3) is 0 Å². The molecule has 0 aliphatic heterocycles. The molecule has 7 heteroatoms. The van der Waals surface area contributed by atoms with E-state index in [2.05, 4.69) is 5.32 Å². The summed E-state index contributed by atoms with van der Waals surface area (Å²) in [6.45, 7) is -0.368. The Labute approximate surface area is 132 Å². The predicted octanol–water partition coefficient (Wildman–Crippen LogP) is 0.842. The monoisotopic (exact) mass is 319 g/mol. The molecule has 2 rings (SSSR count). The van der Waals surface area contributed by atoms with Crippen LogP contribution >= 0.6 is 0 Å². The van der Waals surface area contributed by atoms with Crippen LogP contribution in [0.15, 0.2) is 36.4 Å². The third-order valence-electron chi connectivity index (χ3n) is 3.34. The zero-order valence-electron chi connectivity index (χ0n) is 12.1. The van der Waals surface area contributed by atoms with E-state index < -0.39 is 23.4 Å². The molecule has 0 bridgehead atoms. The number of aliphatic hydroxyl groups is 1. The molecule has 0 aromatic heterocycles. The van der Waals surface area contributed by atoms with E-state index in [-0.39, 0.29) is 30.1 Å². The molecule has 0 fully saturated rings. The van der Waals surface area contributed by atoms with Crippen LogP contribution in [-0.4, -0.2) is 44.1 Å². The number of carbonyl (C=O) groups is 1. The highest BCUT2D eigenvalue weighted by atomic mass is 16.3. The zero-order valence-corrected chi connectivity index (χ0v) is 12.1. The van der Waals surface area contributed by atoms with Crippen molar-refractivity contribution in [3.05, 3.63) is 47.5 Å². The van der Waals surface area contributed by atoms with Gasteiger partial charge in [-0.25, -0.2) is 0 Å². The van der Waals surface area contributed by atoms with Crippen LogP contribution in [0.2, 0.25) is 0 Å². The van der Waals surface area contributed by atoms with E-state index in [1.54, 1.807) is 6.07 Å². The molecule has 122 valence electrons. The number of nitrogens with one attached hydrogen (secondary N) is 1. The Morgan fingerprint density at radius 2 is 1.74 bits per heavy atom. The number of aromatic hydroxyl groups is 4. The second-order valence-corrected chi connectivity index (χ2v) is 5.05. The van der Waals surface area contributed by atoms with Crippen LogP contribution in [0.3, 0.4) is 0 Å². The summed E-state index contributed by atoms with van der Waals surface area (Å²) in [6.07, 6.45) is 0.204. The summed E-state index contributed by atoms with van der Waals surface area (Å²) in [4.78, 5) is 12.1. The summed E-state index contributed by atoms with van der Waals surface area (Å²) in [5.74, 6) is -2.16. The molecular formula is C16H17NO6. The van der Waals surface area contributed by atoms with Crippen molar-refractivity contribution in [2.75, 3.05) is 6.61 Å². The highest BCUT2D eigenvalue weighted by Gasteiger charge is 2.18. The van der Waals surface area contributed by atoms with E-state index >= 15 is 0 Å². The van der Waals surface area contributed by atoms with Gasteiger partial charge in [0, 0.05) is 0 Å². The Morgan fingerprint density at radius 3 is 2.39 bits per heavy atom. The summed E-state index contributed by atoms with van der Waals surface area (Å²) < 4.78 is 0. The van der Waals surface area contributed by atoms with Crippen LogP contribution in [0.5, 0.6) is 23.0 Å². The number of amides is 1. The third kappa shape index (κ3) is 3.83. The molecule has 0 spiro atoms. The minimum atomic E-state index is -0.673. The molecule has 0 saturated heterocycles. The summed E-state index contributed by atoms with van der Waals surface area (Å²) in [5, 5.41) is 49.7. The highest BCUT2D eigenvalue weighted by Crippen LogP contribution is 2.28. The van der Waals surface area contributed by atoms with Gasteiger partial charge in [-0.15, -0.1) is 0 Å². The van der Waals surface area contributed by atoms with Gasteiger partial charge in [0.25, 0.3) is 5.91 Å². The van der Waals surface area contributed by atoms with Crippen molar-refractivity contribution >= 4 is 5.91 Å². The first-order valence-corrected chi connectivity index (χ1v) is 6.86. The smallest absolute Gasteiger partial charge is 0.255 e. The normalized spacial score (nSPS) is 11.9. The summed E-state index contributed by atoms with van der Waals surface area (Å²) in [6, 6.07) is 7.51. The first-order chi connectivity index (χ1) is 10.9. The van der Waals surface area contributed by atoms with Gasteiger partial charge in [-0.05, 0) is 36.2 Å². The molecule has 0 aliphatic rings. The fourth-order valence-electron chi connectivity index (χ4n) is 2.12. The molecule has 6 N–H and O–H groups in total. The topological polar surface area (TPSA) is 130 Å². The average molecular weight is 319 g/mol. The lowest BCUT2D eigenvalue weighted by molar-refractivity contribution is 0.0913. The number of carbonyl (C=O) groups excluding carboxylic acids is 1. The number of para-hydroxylation sites is 1. The SMILES string of the molecule is O=C(N[C@H](CO)Cc1ccc(O)c(O)c1)c1cccc(O)c1O. The Hall–Kier alpha value is -2.93. The van der Waals surface area contributed by atoms with Gasteiger partial charge in [-0.2, -0.15) is 0 Å². The van der Waals surface area contributed by atoms with Gasteiger partial charge in [0.1, 0.15) is 0 Å². The first-order valence-electron chi connectivity index (χ1n) is 6.86. The molecular weight excluding hydrogens is 302 g/mol. The van der Waals surface area contributed by atoms with Crippen LogP contribution in [0.1, 0.15) is 15.9 Å². The fraction of sp³-hybridized carbons (Fsp3) is 0.188. The first kappa shape index (κ1) is 16.4. The van der Waals surface area contributed by atoms with Gasteiger partial charge < -0.3 is 30.8 Å². The van der Waals surface area contributed by atoms with Crippen LogP contribution in [0.4, 0.5) is 0 Å². The largest absolute Gasteiger partial charge is 0.504 e. The lowest BCUT2D eigenvalue weighted by atomic mass is 10.0. The molecule has 0 heterocycles. The molecule has 7 nitrogen and oxygen atoms in total. The van der Waals surface area contributed by atoms with E-state index in [4.69, 9.17) is 0 Å². The summed E-state index contributed by atoms with van der Waals surface area (Å²) >= 11 is 0. The van der Waals surface area contributed by atoms with Crippen LogP contribution in [-0.2, 0) is 6.42 Å². The van der Waals surface area contributed by atoms with Gasteiger partial charge in [0.2, 0.25) is 0 Å².